The van der Waals surface area contributed by atoms with Gasteiger partial charge in [-0.1, -0.05) is 17.7 Å². The summed E-state index contributed by atoms with van der Waals surface area (Å²) in [5.74, 6) is -2.94. The van der Waals surface area contributed by atoms with Crippen LogP contribution >= 0.6 is 11.6 Å². The summed E-state index contributed by atoms with van der Waals surface area (Å²) in [5.41, 5.74) is -1.41. The van der Waals surface area contributed by atoms with Gasteiger partial charge in [-0.3, -0.25) is 5.21 Å². The van der Waals surface area contributed by atoms with Gasteiger partial charge in [0.25, 0.3) is 5.92 Å². The van der Waals surface area contributed by atoms with Crippen molar-refractivity contribution in [2.24, 2.45) is 10.9 Å². The molecule has 1 fully saturated rings. The summed E-state index contributed by atoms with van der Waals surface area (Å²) in [4.78, 5) is 4.34. The van der Waals surface area contributed by atoms with Crippen molar-refractivity contribution in [2.75, 3.05) is 6.61 Å². The maximum Gasteiger partial charge on any atom is 0.282 e. The zero-order valence-electron chi connectivity index (χ0n) is 13.5. The first kappa shape index (κ1) is 16.7. The zero-order valence-corrected chi connectivity index (χ0v) is 14.3. The second-order valence-electron chi connectivity index (χ2n) is 6.69. The summed E-state index contributed by atoms with van der Waals surface area (Å²) in [6.45, 7) is 1.05. The Labute approximate surface area is 149 Å². The number of ether oxygens (including phenoxy) is 1. The van der Waals surface area contributed by atoms with Crippen LogP contribution in [0.3, 0.4) is 0 Å². The van der Waals surface area contributed by atoms with E-state index in [1.165, 1.54) is 24.4 Å². The smallest absolute Gasteiger partial charge is 0.282 e. The van der Waals surface area contributed by atoms with E-state index in [0.717, 1.165) is 24.8 Å². The molecule has 1 aromatic carbocycles. The lowest BCUT2D eigenvalue weighted by Crippen LogP contribution is -2.53. The van der Waals surface area contributed by atoms with Crippen molar-refractivity contribution >= 4 is 23.1 Å². The van der Waals surface area contributed by atoms with Crippen LogP contribution in [0.5, 0.6) is 0 Å². The van der Waals surface area contributed by atoms with E-state index in [4.69, 9.17) is 16.3 Å². The third-order valence-corrected chi connectivity index (χ3v) is 4.98. The van der Waals surface area contributed by atoms with Gasteiger partial charge < -0.3 is 4.74 Å². The highest BCUT2D eigenvalue weighted by molar-refractivity contribution is 6.30. The van der Waals surface area contributed by atoms with Gasteiger partial charge in [-0.05, 0) is 43.0 Å². The largest absolute Gasteiger partial charge is 0.359 e. The van der Waals surface area contributed by atoms with E-state index in [0.29, 0.717) is 10.7 Å². The topological polar surface area (TPSA) is 45.1 Å². The van der Waals surface area contributed by atoms with Gasteiger partial charge in [0.15, 0.2) is 11.4 Å². The fourth-order valence-corrected chi connectivity index (χ4v) is 3.48. The Morgan fingerprint density at radius 3 is 2.88 bits per heavy atom. The number of hydrogen-bond donors (Lipinski definition) is 1. The average molecular weight is 367 g/mol. The Kier molecular flexibility index (Phi) is 3.76. The number of aliphatic imine (C=N–C) groups is 1. The van der Waals surface area contributed by atoms with Crippen molar-refractivity contribution in [3.05, 3.63) is 52.7 Å². The minimum atomic E-state index is -3.26. The van der Waals surface area contributed by atoms with Gasteiger partial charge in [0, 0.05) is 29.3 Å². The van der Waals surface area contributed by atoms with Crippen LogP contribution in [0.1, 0.15) is 25.3 Å². The van der Waals surface area contributed by atoms with E-state index in [9.17, 15) is 5.21 Å². The molecule has 0 aromatic heterocycles. The normalized spacial score (nSPS) is 25.2. The number of hydrogen-bond acceptors (Lipinski definition) is 4. The summed E-state index contributed by atoms with van der Waals surface area (Å²) in [6.07, 6.45) is 6.30. The van der Waals surface area contributed by atoms with Gasteiger partial charge in [-0.15, -0.1) is 0 Å². The first-order valence-electron chi connectivity index (χ1n) is 8.11. The SMILES string of the molecule is CC(F)(F)[C@]1(OCC2CC2)C2=CC=CN(O)C2=Nc2ccc(Cl)cc21. The molecule has 1 aliphatic carbocycles. The molecule has 1 N–H and O–H groups in total. The molecule has 1 aromatic rings. The molecule has 1 atom stereocenters. The van der Waals surface area contributed by atoms with Crippen molar-refractivity contribution < 1.29 is 18.7 Å². The van der Waals surface area contributed by atoms with Crippen molar-refractivity contribution in [2.45, 2.75) is 31.3 Å². The quantitative estimate of drug-likeness (QED) is 0.832. The molecule has 0 spiro atoms. The number of rotatable bonds is 4. The van der Waals surface area contributed by atoms with Gasteiger partial charge >= 0.3 is 0 Å². The predicted octanol–water partition coefficient (Wildman–Crippen LogP) is 4.81. The molecular weight excluding hydrogens is 350 g/mol. The second kappa shape index (κ2) is 5.62. The molecular formula is C18H17ClF2N2O2. The summed E-state index contributed by atoms with van der Waals surface area (Å²) >= 11 is 6.09. The maximum atomic E-state index is 15.1. The maximum absolute atomic E-state index is 15.1. The molecule has 0 bridgehead atoms. The lowest BCUT2D eigenvalue weighted by Gasteiger charge is -2.45. The Hall–Kier alpha value is -1.76. The lowest BCUT2D eigenvalue weighted by molar-refractivity contribution is -0.186. The first-order valence-corrected chi connectivity index (χ1v) is 8.48. The highest BCUT2D eigenvalue weighted by Crippen LogP contribution is 2.54. The number of amidine groups is 1. The minimum absolute atomic E-state index is 0.0367. The summed E-state index contributed by atoms with van der Waals surface area (Å²) in [7, 11) is 0. The van der Waals surface area contributed by atoms with E-state index < -0.39 is 11.5 Å². The van der Waals surface area contributed by atoms with Gasteiger partial charge in [-0.2, -0.15) is 0 Å². The highest BCUT2D eigenvalue weighted by atomic mass is 35.5. The van der Waals surface area contributed by atoms with E-state index in [1.807, 2.05) is 0 Å². The summed E-state index contributed by atoms with van der Waals surface area (Å²) in [5, 5.41) is 11.2. The van der Waals surface area contributed by atoms with Crippen molar-refractivity contribution in [3.8, 4) is 0 Å². The van der Waals surface area contributed by atoms with Crippen LogP contribution in [-0.4, -0.2) is 28.6 Å². The molecule has 25 heavy (non-hydrogen) atoms. The Morgan fingerprint density at radius 2 is 2.20 bits per heavy atom. The van der Waals surface area contributed by atoms with E-state index in [-0.39, 0.29) is 29.5 Å². The molecule has 2 heterocycles. The number of halogens is 3. The molecule has 3 aliphatic rings. The van der Waals surface area contributed by atoms with Crippen LogP contribution in [0.25, 0.3) is 0 Å². The van der Waals surface area contributed by atoms with E-state index in [2.05, 4.69) is 4.99 Å². The molecule has 0 unspecified atom stereocenters. The highest BCUT2D eigenvalue weighted by Gasteiger charge is 2.60. The minimum Gasteiger partial charge on any atom is -0.359 e. The van der Waals surface area contributed by atoms with Gasteiger partial charge in [0.2, 0.25) is 0 Å². The summed E-state index contributed by atoms with van der Waals surface area (Å²) < 4.78 is 36.0. The Bertz CT molecular complexity index is 812. The van der Waals surface area contributed by atoms with Gasteiger partial charge in [0.1, 0.15) is 0 Å². The number of hydroxylamine groups is 2. The molecule has 1 saturated carbocycles. The van der Waals surface area contributed by atoms with Crippen molar-refractivity contribution in [3.63, 3.8) is 0 Å². The Balaban J connectivity index is 1.97. The van der Waals surface area contributed by atoms with Crippen LogP contribution in [0.2, 0.25) is 5.02 Å². The number of fused-ring (bicyclic) bond motifs is 2. The third kappa shape index (κ3) is 2.60. The van der Waals surface area contributed by atoms with Gasteiger partial charge in [-0.25, -0.2) is 18.8 Å². The zero-order chi connectivity index (χ0) is 17.8. The molecule has 4 rings (SSSR count). The fourth-order valence-electron chi connectivity index (χ4n) is 3.31. The monoisotopic (exact) mass is 366 g/mol. The summed E-state index contributed by atoms with van der Waals surface area (Å²) in [6, 6.07) is 4.62. The molecule has 2 aliphatic heterocycles. The van der Waals surface area contributed by atoms with E-state index in [1.54, 1.807) is 12.1 Å². The van der Waals surface area contributed by atoms with Crippen LogP contribution in [-0.2, 0) is 10.3 Å². The number of alkyl halides is 2. The van der Waals surface area contributed by atoms with Crippen molar-refractivity contribution in [1.29, 1.82) is 0 Å². The third-order valence-electron chi connectivity index (χ3n) is 4.74. The Morgan fingerprint density at radius 1 is 1.44 bits per heavy atom. The predicted molar refractivity (Wildman–Crippen MR) is 90.4 cm³/mol. The number of allylic oxidation sites excluding steroid dienone is 2. The van der Waals surface area contributed by atoms with Crippen LogP contribution in [0, 0.1) is 5.92 Å². The second-order valence-corrected chi connectivity index (χ2v) is 7.12. The molecule has 0 amide bonds. The van der Waals surface area contributed by atoms with Gasteiger partial charge in [0.05, 0.1) is 12.3 Å². The van der Waals surface area contributed by atoms with Crippen LogP contribution in [0.15, 0.2) is 47.1 Å². The molecule has 4 nitrogen and oxygen atoms in total. The van der Waals surface area contributed by atoms with Crippen LogP contribution in [0.4, 0.5) is 14.5 Å². The molecule has 7 heteroatoms. The fraction of sp³-hybridized carbons (Fsp3) is 0.389. The average Bonchev–Trinajstić information content (AvgIpc) is 3.36. The number of benzene rings is 1. The lowest BCUT2D eigenvalue weighted by atomic mass is 9.76. The van der Waals surface area contributed by atoms with Crippen LogP contribution < -0.4 is 0 Å². The van der Waals surface area contributed by atoms with Crippen molar-refractivity contribution in [1.82, 2.24) is 5.06 Å². The van der Waals surface area contributed by atoms with E-state index >= 15 is 8.78 Å². The first-order chi connectivity index (χ1) is 11.8. The number of nitrogens with zero attached hydrogens (tertiary/aromatic N) is 2. The molecule has 0 radical (unpaired) electrons. The standard InChI is InChI=1S/C18H17ClF2N2O2/c1-17(20,21)18(25-10-11-4-5-11)13-3-2-8-23(24)16(13)22-15-7-6-12(19)9-14(15)18/h2-3,6-9,11,24H,4-5,10H2,1H3/t18-/m0/s1. The molecule has 0 saturated heterocycles. The molecule has 132 valence electrons.